The topological polar surface area (TPSA) is 0 Å². The highest BCUT2D eigenvalue weighted by Gasteiger charge is 2.34. The molecule has 2 bridgehead atoms. The van der Waals surface area contributed by atoms with Gasteiger partial charge in [-0.15, -0.1) is 6.58 Å². The largest absolute Gasteiger partial charge is 0.103 e. The Morgan fingerprint density at radius 1 is 0.905 bits per heavy atom. The molecule has 0 aliphatic heterocycles. The summed E-state index contributed by atoms with van der Waals surface area (Å²) in [6, 6.07) is 0. The molecule has 0 saturated heterocycles. The first-order chi connectivity index (χ1) is 10.3. The van der Waals surface area contributed by atoms with Crippen LogP contribution in [-0.4, -0.2) is 0 Å². The van der Waals surface area contributed by atoms with Crippen LogP contribution in [0.4, 0.5) is 0 Å². The summed E-state index contributed by atoms with van der Waals surface area (Å²) in [6.07, 6.45) is 23.9. The van der Waals surface area contributed by atoms with Crippen LogP contribution in [0, 0.1) is 17.8 Å². The SMILES string of the molecule is C=CCCCC.CCCCCCCCC1CC2C=CC1C2. The molecule has 0 spiro atoms. The van der Waals surface area contributed by atoms with Gasteiger partial charge in [-0.2, -0.15) is 0 Å². The molecule has 0 aromatic carbocycles. The predicted octanol–water partition coefficient (Wildman–Crippen LogP) is 7.31. The average molecular weight is 291 g/mol. The summed E-state index contributed by atoms with van der Waals surface area (Å²) >= 11 is 0. The molecule has 2 aliphatic carbocycles. The normalized spacial score (nSPS) is 25.7. The molecule has 0 radical (unpaired) electrons. The fourth-order valence-corrected chi connectivity index (χ4v) is 3.76. The van der Waals surface area contributed by atoms with Crippen LogP contribution in [0.25, 0.3) is 0 Å². The number of rotatable bonds is 10. The van der Waals surface area contributed by atoms with Crippen LogP contribution in [0.5, 0.6) is 0 Å². The van der Waals surface area contributed by atoms with Crippen molar-refractivity contribution in [3.05, 3.63) is 24.8 Å². The molecule has 1 saturated carbocycles. The summed E-state index contributed by atoms with van der Waals surface area (Å²) in [5.41, 5.74) is 0. The zero-order chi connectivity index (χ0) is 15.3. The fraction of sp³-hybridized carbons (Fsp3) is 0.810. The van der Waals surface area contributed by atoms with Gasteiger partial charge in [-0.3, -0.25) is 0 Å². The van der Waals surface area contributed by atoms with Crippen molar-refractivity contribution in [2.45, 2.75) is 90.9 Å². The minimum atomic E-state index is 0.972. The van der Waals surface area contributed by atoms with Gasteiger partial charge in [-0.05, 0) is 43.4 Å². The number of unbranched alkanes of at least 4 members (excludes halogenated alkanes) is 7. The molecule has 122 valence electrons. The summed E-state index contributed by atoms with van der Waals surface area (Å²) < 4.78 is 0. The molecular formula is C21H38. The van der Waals surface area contributed by atoms with E-state index in [9.17, 15) is 0 Å². The van der Waals surface area contributed by atoms with Crippen LogP contribution in [0.2, 0.25) is 0 Å². The van der Waals surface area contributed by atoms with E-state index in [1.54, 1.807) is 0 Å². The van der Waals surface area contributed by atoms with Gasteiger partial charge in [0.05, 0.1) is 0 Å². The van der Waals surface area contributed by atoms with Crippen molar-refractivity contribution < 1.29 is 0 Å². The van der Waals surface area contributed by atoms with Crippen molar-refractivity contribution in [2.75, 3.05) is 0 Å². The standard InChI is InChI=1S/C15H26.C6H12/c1-2-3-4-5-6-7-8-14-11-13-9-10-15(14)12-13;1-3-5-6-4-2/h9-10,13-15H,2-8,11-12H2,1H3;3H,1,4-6H2,2H3. The molecular weight excluding hydrogens is 252 g/mol. The summed E-state index contributed by atoms with van der Waals surface area (Å²) in [4.78, 5) is 0. The maximum Gasteiger partial charge on any atom is -0.0199 e. The van der Waals surface area contributed by atoms with Crippen LogP contribution >= 0.6 is 0 Å². The third-order valence-corrected chi connectivity index (χ3v) is 5.11. The molecule has 2 rings (SSSR count). The van der Waals surface area contributed by atoms with Crippen molar-refractivity contribution in [1.29, 1.82) is 0 Å². The first-order valence-corrected chi connectivity index (χ1v) is 9.61. The lowest BCUT2D eigenvalue weighted by Crippen LogP contribution is -2.06. The Kier molecular flexibility index (Phi) is 10.6. The van der Waals surface area contributed by atoms with Crippen molar-refractivity contribution in [3.8, 4) is 0 Å². The molecule has 0 nitrogen and oxygen atoms in total. The molecule has 1 fully saturated rings. The zero-order valence-electron chi connectivity index (χ0n) is 14.7. The maximum absolute atomic E-state index is 3.60. The van der Waals surface area contributed by atoms with Crippen LogP contribution in [0.3, 0.4) is 0 Å². The van der Waals surface area contributed by atoms with Crippen molar-refractivity contribution >= 4 is 0 Å². The first kappa shape index (κ1) is 18.5. The minimum absolute atomic E-state index is 0.972. The smallest absolute Gasteiger partial charge is 0.0199 e. The molecule has 0 amide bonds. The summed E-state index contributed by atoms with van der Waals surface area (Å²) in [5.74, 6) is 3.01. The predicted molar refractivity (Wildman–Crippen MR) is 96.6 cm³/mol. The van der Waals surface area contributed by atoms with Gasteiger partial charge in [-0.1, -0.05) is 83.4 Å². The van der Waals surface area contributed by atoms with Gasteiger partial charge < -0.3 is 0 Å². The van der Waals surface area contributed by atoms with Gasteiger partial charge in [0.2, 0.25) is 0 Å². The third kappa shape index (κ3) is 7.88. The second-order valence-electron chi connectivity index (χ2n) is 7.03. The number of fused-ring (bicyclic) bond motifs is 2. The molecule has 0 aromatic heterocycles. The molecule has 21 heavy (non-hydrogen) atoms. The number of hydrogen-bond donors (Lipinski definition) is 0. The van der Waals surface area contributed by atoms with E-state index in [-0.39, 0.29) is 0 Å². The Labute approximate surface area is 134 Å². The van der Waals surface area contributed by atoms with Gasteiger partial charge in [0.1, 0.15) is 0 Å². The monoisotopic (exact) mass is 290 g/mol. The summed E-state index contributed by atoms with van der Waals surface area (Å²) in [5, 5.41) is 0. The molecule has 2 aliphatic rings. The molecule has 0 heterocycles. The molecule has 0 N–H and O–H groups in total. The lowest BCUT2D eigenvalue weighted by atomic mass is 9.88. The van der Waals surface area contributed by atoms with Crippen LogP contribution in [-0.2, 0) is 0 Å². The Morgan fingerprint density at radius 3 is 2.14 bits per heavy atom. The Morgan fingerprint density at radius 2 is 1.62 bits per heavy atom. The van der Waals surface area contributed by atoms with E-state index in [2.05, 4.69) is 32.6 Å². The zero-order valence-corrected chi connectivity index (χ0v) is 14.7. The van der Waals surface area contributed by atoms with E-state index in [0.717, 1.165) is 17.8 Å². The van der Waals surface area contributed by atoms with Gasteiger partial charge in [0.25, 0.3) is 0 Å². The summed E-state index contributed by atoms with van der Waals surface area (Å²) in [7, 11) is 0. The van der Waals surface area contributed by atoms with E-state index >= 15 is 0 Å². The van der Waals surface area contributed by atoms with E-state index in [1.807, 2.05) is 6.08 Å². The quantitative estimate of drug-likeness (QED) is 0.292. The van der Waals surface area contributed by atoms with Crippen molar-refractivity contribution in [2.24, 2.45) is 17.8 Å². The fourth-order valence-electron chi connectivity index (χ4n) is 3.76. The highest BCUT2D eigenvalue weighted by atomic mass is 14.4. The molecule has 3 unspecified atom stereocenters. The van der Waals surface area contributed by atoms with Gasteiger partial charge in [0.15, 0.2) is 0 Å². The average Bonchev–Trinajstić information content (AvgIpc) is 3.12. The second kappa shape index (κ2) is 12.1. The Hall–Kier alpha value is -0.520. The van der Waals surface area contributed by atoms with E-state index in [4.69, 9.17) is 0 Å². The molecule has 0 heteroatoms. The minimum Gasteiger partial charge on any atom is -0.103 e. The summed E-state index contributed by atoms with van der Waals surface area (Å²) in [6.45, 7) is 8.08. The van der Waals surface area contributed by atoms with Crippen LogP contribution < -0.4 is 0 Å². The number of hydrogen-bond acceptors (Lipinski definition) is 0. The maximum atomic E-state index is 3.60. The Bertz CT molecular complexity index is 276. The molecule has 3 atom stereocenters. The van der Waals surface area contributed by atoms with Gasteiger partial charge >= 0.3 is 0 Å². The van der Waals surface area contributed by atoms with Gasteiger partial charge in [-0.25, -0.2) is 0 Å². The van der Waals surface area contributed by atoms with E-state index < -0.39 is 0 Å². The first-order valence-electron chi connectivity index (χ1n) is 9.61. The lowest BCUT2D eigenvalue weighted by Gasteiger charge is -2.17. The van der Waals surface area contributed by atoms with Crippen LogP contribution in [0.15, 0.2) is 24.8 Å². The van der Waals surface area contributed by atoms with E-state index in [1.165, 1.54) is 77.0 Å². The lowest BCUT2D eigenvalue weighted by molar-refractivity contribution is 0.394. The van der Waals surface area contributed by atoms with E-state index in [0.29, 0.717) is 0 Å². The highest BCUT2D eigenvalue weighted by molar-refractivity contribution is 5.09. The van der Waals surface area contributed by atoms with Crippen molar-refractivity contribution in [3.63, 3.8) is 0 Å². The van der Waals surface area contributed by atoms with Gasteiger partial charge in [0, 0.05) is 0 Å². The number of allylic oxidation sites excluding steroid dienone is 3. The van der Waals surface area contributed by atoms with Crippen molar-refractivity contribution in [1.82, 2.24) is 0 Å². The molecule has 0 aromatic rings. The third-order valence-electron chi connectivity index (χ3n) is 5.11. The second-order valence-corrected chi connectivity index (χ2v) is 7.03. The Balaban J connectivity index is 0.000000315. The highest BCUT2D eigenvalue weighted by Crippen LogP contribution is 2.45. The van der Waals surface area contributed by atoms with Crippen LogP contribution in [0.1, 0.15) is 90.9 Å².